The number of nitro benzene ring substituents is 1. The van der Waals surface area contributed by atoms with Crippen molar-refractivity contribution in [2.45, 2.75) is 26.4 Å². The topological polar surface area (TPSA) is 55.2 Å². The maximum absolute atomic E-state index is 10.9. The average Bonchev–Trinajstić information content (AvgIpc) is 2.45. The van der Waals surface area contributed by atoms with Gasteiger partial charge < -0.3 is 5.32 Å². The Labute approximate surface area is 132 Å². The summed E-state index contributed by atoms with van der Waals surface area (Å²) in [4.78, 5) is 10.5. The summed E-state index contributed by atoms with van der Waals surface area (Å²) in [6, 6.07) is 13.6. The smallest absolute Gasteiger partial charge is 0.283 e. The van der Waals surface area contributed by atoms with E-state index < -0.39 is 0 Å². The minimum Gasteiger partial charge on any atom is -0.306 e. The fraction of sp³-hybridized carbons (Fsp3) is 0.250. The van der Waals surface area contributed by atoms with Crippen molar-refractivity contribution in [2.75, 3.05) is 0 Å². The van der Waals surface area contributed by atoms with Crippen LogP contribution in [-0.2, 0) is 6.54 Å². The van der Waals surface area contributed by atoms with E-state index >= 15 is 0 Å². The Hall–Kier alpha value is -1.72. The molecule has 21 heavy (non-hydrogen) atoms. The lowest BCUT2D eigenvalue weighted by Gasteiger charge is -2.15. The Kier molecular flexibility index (Phi) is 5.09. The minimum absolute atomic E-state index is 0.0949. The molecule has 0 unspecified atom stereocenters. The van der Waals surface area contributed by atoms with Crippen LogP contribution in [0.3, 0.4) is 0 Å². The molecule has 0 aliphatic rings. The number of hydrogen-bond donors (Lipinski definition) is 1. The van der Waals surface area contributed by atoms with Crippen molar-refractivity contribution in [1.29, 1.82) is 0 Å². The number of hydrogen-bond acceptors (Lipinski definition) is 3. The molecule has 0 aliphatic heterocycles. The number of halogens is 1. The van der Waals surface area contributed by atoms with Gasteiger partial charge in [-0.2, -0.15) is 0 Å². The van der Waals surface area contributed by atoms with Crippen LogP contribution in [0, 0.1) is 17.0 Å². The zero-order chi connectivity index (χ0) is 15.4. The molecule has 0 amide bonds. The Morgan fingerprint density at radius 3 is 2.67 bits per heavy atom. The lowest BCUT2D eigenvalue weighted by Crippen LogP contribution is -2.18. The third-order valence-electron chi connectivity index (χ3n) is 3.40. The van der Waals surface area contributed by atoms with Gasteiger partial charge >= 0.3 is 0 Å². The van der Waals surface area contributed by atoms with Crippen molar-refractivity contribution < 1.29 is 4.92 Å². The number of nitrogens with one attached hydrogen (secondary N) is 1. The molecule has 2 aromatic carbocycles. The molecule has 0 aliphatic carbocycles. The highest BCUT2D eigenvalue weighted by Gasteiger charge is 2.15. The molecule has 0 radical (unpaired) electrons. The van der Waals surface area contributed by atoms with Gasteiger partial charge in [-0.05, 0) is 40.9 Å². The first-order valence-electron chi connectivity index (χ1n) is 6.70. The van der Waals surface area contributed by atoms with E-state index in [1.807, 2.05) is 12.1 Å². The summed E-state index contributed by atoms with van der Waals surface area (Å²) in [5, 5.41) is 14.3. The van der Waals surface area contributed by atoms with Crippen molar-refractivity contribution in [1.82, 2.24) is 5.32 Å². The molecule has 2 rings (SSSR count). The molecule has 0 fully saturated rings. The van der Waals surface area contributed by atoms with Crippen molar-refractivity contribution in [3.8, 4) is 0 Å². The van der Waals surface area contributed by atoms with Crippen LogP contribution in [0.5, 0.6) is 0 Å². The molecular formula is C16H17BrN2O2. The van der Waals surface area contributed by atoms with Crippen LogP contribution in [-0.4, -0.2) is 4.92 Å². The third-order valence-corrected chi connectivity index (χ3v) is 4.31. The molecular weight excluding hydrogens is 332 g/mol. The van der Waals surface area contributed by atoms with E-state index in [2.05, 4.69) is 53.3 Å². The van der Waals surface area contributed by atoms with Gasteiger partial charge in [-0.15, -0.1) is 0 Å². The number of aryl methyl sites for hydroxylation is 1. The summed E-state index contributed by atoms with van der Waals surface area (Å²) in [5.41, 5.74) is 3.40. The fourth-order valence-electron chi connectivity index (χ4n) is 2.16. The van der Waals surface area contributed by atoms with Crippen LogP contribution in [0.25, 0.3) is 0 Å². The molecule has 0 heterocycles. The highest BCUT2D eigenvalue weighted by molar-refractivity contribution is 9.10. The Morgan fingerprint density at radius 2 is 2.00 bits per heavy atom. The molecule has 0 aromatic heterocycles. The second kappa shape index (κ2) is 6.83. The predicted octanol–water partition coefficient (Wildman–Crippen LogP) is 4.52. The van der Waals surface area contributed by atoms with Crippen LogP contribution >= 0.6 is 15.9 Å². The molecule has 110 valence electrons. The normalized spacial score (nSPS) is 12.1. The molecule has 0 spiro atoms. The summed E-state index contributed by atoms with van der Waals surface area (Å²) in [6.45, 7) is 4.71. The maximum Gasteiger partial charge on any atom is 0.283 e. The van der Waals surface area contributed by atoms with Gasteiger partial charge in [0.1, 0.15) is 0 Å². The maximum atomic E-state index is 10.9. The Bertz CT molecular complexity index is 658. The van der Waals surface area contributed by atoms with E-state index in [9.17, 15) is 10.1 Å². The Morgan fingerprint density at radius 1 is 1.29 bits per heavy atom. The Balaban J connectivity index is 2.10. The van der Waals surface area contributed by atoms with Crippen molar-refractivity contribution >= 4 is 21.6 Å². The fourth-order valence-corrected chi connectivity index (χ4v) is 2.71. The first-order valence-corrected chi connectivity index (χ1v) is 7.50. The summed E-state index contributed by atoms with van der Waals surface area (Å²) >= 11 is 3.32. The summed E-state index contributed by atoms with van der Waals surface area (Å²) < 4.78 is 0.541. The zero-order valence-electron chi connectivity index (χ0n) is 12.0. The van der Waals surface area contributed by atoms with Crippen LogP contribution in [0.15, 0.2) is 46.9 Å². The van der Waals surface area contributed by atoms with Crippen LogP contribution in [0.1, 0.15) is 29.7 Å². The van der Waals surface area contributed by atoms with Crippen molar-refractivity contribution in [3.63, 3.8) is 0 Å². The largest absolute Gasteiger partial charge is 0.306 e. The molecule has 0 saturated carbocycles. The first kappa shape index (κ1) is 15.7. The molecule has 2 aromatic rings. The first-order chi connectivity index (χ1) is 9.99. The monoisotopic (exact) mass is 348 g/mol. The second-order valence-electron chi connectivity index (χ2n) is 5.02. The van der Waals surface area contributed by atoms with Crippen LogP contribution < -0.4 is 5.32 Å². The summed E-state index contributed by atoms with van der Waals surface area (Å²) in [7, 11) is 0. The van der Waals surface area contributed by atoms with E-state index in [1.165, 1.54) is 17.2 Å². The SMILES string of the molecule is Cc1cccc([C@H](C)NCc2cccc([N+](=O)[O-])c2Br)c1. The minimum atomic E-state index is -0.377. The highest BCUT2D eigenvalue weighted by atomic mass is 79.9. The van der Waals surface area contributed by atoms with Gasteiger partial charge in [0.15, 0.2) is 0 Å². The van der Waals surface area contributed by atoms with E-state index in [0.717, 1.165) is 5.56 Å². The summed E-state index contributed by atoms with van der Waals surface area (Å²) in [5.74, 6) is 0. The number of rotatable bonds is 5. The number of nitrogens with zero attached hydrogens (tertiary/aromatic N) is 1. The molecule has 0 saturated heterocycles. The molecule has 1 atom stereocenters. The van der Waals surface area contributed by atoms with Gasteiger partial charge in [0.05, 0.1) is 9.40 Å². The predicted molar refractivity (Wildman–Crippen MR) is 87.2 cm³/mol. The van der Waals surface area contributed by atoms with E-state index in [0.29, 0.717) is 11.0 Å². The van der Waals surface area contributed by atoms with Crippen molar-refractivity contribution in [3.05, 3.63) is 73.7 Å². The lowest BCUT2D eigenvalue weighted by atomic mass is 10.1. The van der Waals surface area contributed by atoms with E-state index in [-0.39, 0.29) is 16.7 Å². The molecule has 0 bridgehead atoms. The standard InChI is InChI=1S/C16H17BrN2O2/c1-11-5-3-6-13(9-11)12(2)18-10-14-7-4-8-15(16(14)17)19(20)21/h3-9,12,18H,10H2,1-2H3/t12-/m0/s1. The molecule has 1 N–H and O–H groups in total. The van der Waals surface area contributed by atoms with Gasteiger partial charge in [-0.25, -0.2) is 0 Å². The highest BCUT2D eigenvalue weighted by Crippen LogP contribution is 2.28. The van der Waals surface area contributed by atoms with Gasteiger partial charge in [0.25, 0.3) is 5.69 Å². The van der Waals surface area contributed by atoms with Crippen LogP contribution in [0.2, 0.25) is 0 Å². The van der Waals surface area contributed by atoms with Crippen LogP contribution in [0.4, 0.5) is 5.69 Å². The average molecular weight is 349 g/mol. The quantitative estimate of drug-likeness (QED) is 0.638. The van der Waals surface area contributed by atoms with Gasteiger partial charge in [0, 0.05) is 18.7 Å². The van der Waals surface area contributed by atoms with Crippen molar-refractivity contribution in [2.24, 2.45) is 0 Å². The molecule has 4 nitrogen and oxygen atoms in total. The number of nitro groups is 1. The third kappa shape index (κ3) is 3.89. The lowest BCUT2D eigenvalue weighted by molar-refractivity contribution is -0.385. The van der Waals surface area contributed by atoms with Gasteiger partial charge in [-0.1, -0.05) is 42.0 Å². The number of benzene rings is 2. The van der Waals surface area contributed by atoms with E-state index in [1.54, 1.807) is 6.07 Å². The van der Waals surface area contributed by atoms with Gasteiger partial charge in [0.2, 0.25) is 0 Å². The molecule has 5 heteroatoms. The zero-order valence-corrected chi connectivity index (χ0v) is 13.6. The van der Waals surface area contributed by atoms with E-state index in [4.69, 9.17) is 0 Å². The summed E-state index contributed by atoms with van der Waals surface area (Å²) in [6.07, 6.45) is 0. The second-order valence-corrected chi connectivity index (χ2v) is 5.82. The van der Waals surface area contributed by atoms with Gasteiger partial charge in [-0.3, -0.25) is 10.1 Å².